The number of carbonyl (C=O) groups is 1. The monoisotopic (exact) mass is 450 g/mol. The largest absolute Gasteiger partial charge is 0.484 e. The number of hydrogen-bond acceptors (Lipinski definition) is 4. The van der Waals surface area contributed by atoms with Gasteiger partial charge in [-0.05, 0) is 61.7 Å². The van der Waals surface area contributed by atoms with Crippen molar-refractivity contribution in [2.45, 2.75) is 56.0 Å². The van der Waals surface area contributed by atoms with Crippen LogP contribution in [0.4, 0.5) is 0 Å². The molecule has 0 radical (unpaired) electrons. The molecule has 1 aliphatic carbocycles. The van der Waals surface area contributed by atoms with Crippen LogP contribution in [0.1, 0.15) is 50.6 Å². The Balaban J connectivity index is 1.50. The summed E-state index contributed by atoms with van der Waals surface area (Å²) in [6, 6.07) is 13.2. The molecule has 1 atom stereocenters. The van der Waals surface area contributed by atoms with E-state index in [1.54, 1.807) is 24.3 Å². The Morgan fingerprint density at radius 3 is 2.33 bits per heavy atom. The third-order valence-corrected chi connectivity index (χ3v) is 6.97. The van der Waals surface area contributed by atoms with Crippen molar-refractivity contribution >= 4 is 27.5 Å². The van der Waals surface area contributed by atoms with Crippen LogP contribution in [0.15, 0.2) is 53.4 Å². The van der Waals surface area contributed by atoms with Crippen molar-refractivity contribution in [1.29, 1.82) is 0 Å². The van der Waals surface area contributed by atoms with Gasteiger partial charge in [-0.3, -0.25) is 4.79 Å². The smallest absolute Gasteiger partial charge is 0.258 e. The molecule has 1 fully saturated rings. The third-order valence-electron chi connectivity index (χ3n) is 5.18. The number of amides is 1. The second-order valence-electron chi connectivity index (χ2n) is 7.56. The molecular weight excluding hydrogens is 424 g/mol. The molecule has 2 aromatic carbocycles. The molecule has 1 aliphatic rings. The molecule has 2 N–H and O–H groups in total. The molecular formula is C22H27ClN2O4S. The van der Waals surface area contributed by atoms with Gasteiger partial charge in [0, 0.05) is 11.1 Å². The number of rotatable bonds is 8. The molecule has 0 spiro atoms. The Morgan fingerprint density at radius 1 is 1.07 bits per heavy atom. The predicted molar refractivity (Wildman–Crippen MR) is 117 cm³/mol. The first-order valence-electron chi connectivity index (χ1n) is 10.1. The minimum absolute atomic E-state index is 0.00556. The highest BCUT2D eigenvalue weighted by Crippen LogP contribution is 2.21. The predicted octanol–water partition coefficient (Wildman–Crippen LogP) is 4.21. The van der Waals surface area contributed by atoms with Gasteiger partial charge in [-0.2, -0.15) is 0 Å². The number of sulfonamides is 1. The molecule has 0 aliphatic heterocycles. The van der Waals surface area contributed by atoms with Crippen molar-refractivity contribution in [3.8, 4) is 5.75 Å². The van der Waals surface area contributed by atoms with Crippen LogP contribution in [-0.4, -0.2) is 27.0 Å². The van der Waals surface area contributed by atoms with E-state index in [4.69, 9.17) is 16.3 Å². The lowest BCUT2D eigenvalue weighted by atomic mass is 9.96. The molecule has 162 valence electrons. The van der Waals surface area contributed by atoms with E-state index in [1.807, 2.05) is 19.1 Å². The summed E-state index contributed by atoms with van der Waals surface area (Å²) in [5.74, 6) is 0.161. The van der Waals surface area contributed by atoms with Crippen molar-refractivity contribution in [3.63, 3.8) is 0 Å². The topological polar surface area (TPSA) is 84.5 Å². The Hall–Kier alpha value is -2.09. The lowest BCUT2D eigenvalue weighted by molar-refractivity contribution is -0.123. The van der Waals surface area contributed by atoms with Gasteiger partial charge in [-0.1, -0.05) is 43.0 Å². The van der Waals surface area contributed by atoms with Crippen LogP contribution < -0.4 is 14.8 Å². The minimum atomic E-state index is -3.55. The zero-order chi connectivity index (χ0) is 21.6. The number of nitrogens with one attached hydrogen (secondary N) is 2. The summed E-state index contributed by atoms with van der Waals surface area (Å²) < 4.78 is 33.3. The molecule has 6 nitrogen and oxygen atoms in total. The van der Waals surface area contributed by atoms with Crippen LogP contribution >= 0.6 is 11.6 Å². The maximum Gasteiger partial charge on any atom is 0.258 e. The van der Waals surface area contributed by atoms with Crippen molar-refractivity contribution in [2.24, 2.45) is 0 Å². The van der Waals surface area contributed by atoms with Gasteiger partial charge < -0.3 is 10.1 Å². The fourth-order valence-corrected chi connectivity index (χ4v) is 4.92. The Morgan fingerprint density at radius 2 is 1.70 bits per heavy atom. The first-order valence-corrected chi connectivity index (χ1v) is 12.0. The van der Waals surface area contributed by atoms with Gasteiger partial charge in [0.05, 0.1) is 10.9 Å². The average molecular weight is 451 g/mol. The molecule has 0 bridgehead atoms. The summed E-state index contributed by atoms with van der Waals surface area (Å²) in [6.07, 6.45) is 5.03. The van der Waals surface area contributed by atoms with E-state index in [0.717, 1.165) is 37.7 Å². The van der Waals surface area contributed by atoms with Crippen molar-refractivity contribution in [1.82, 2.24) is 10.0 Å². The van der Waals surface area contributed by atoms with Crippen molar-refractivity contribution in [3.05, 3.63) is 59.1 Å². The number of carbonyl (C=O) groups excluding carboxylic acids is 1. The van der Waals surface area contributed by atoms with Crippen LogP contribution in [0.25, 0.3) is 0 Å². The van der Waals surface area contributed by atoms with E-state index >= 15 is 0 Å². The van der Waals surface area contributed by atoms with Gasteiger partial charge in [-0.25, -0.2) is 13.1 Å². The lowest BCUT2D eigenvalue weighted by Crippen LogP contribution is -2.36. The summed E-state index contributed by atoms with van der Waals surface area (Å²) >= 11 is 5.88. The number of halogens is 1. The molecule has 0 saturated heterocycles. The van der Waals surface area contributed by atoms with Gasteiger partial charge in [0.1, 0.15) is 5.75 Å². The molecule has 2 aromatic rings. The van der Waals surface area contributed by atoms with E-state index in [-0.39, 0.29) is 29.5 Å². The zero-order valence-corrected chi connectivity index (χ0v) is 18.5. The van der Waals surface area contributed by atoms with E-state index in [2.05, 4.69) is 10.0 Å². The molecule has 30 heavy (non-hydrogen) atoms. The lowest BCUT2D eigenvalue weighted by Gasteiger charge is -2.22. The summed E-state index contributed by atoms with van der Waals surface area (Å²) in [7, 11) is -3.55. The molecule has 0 unspecified atom stereocenters. The third kappa shape index (κ3) is 6.45. The average Bonchev–Trinajstić information content (AvgIpc) is 2.73. The highest BCUT2D eigenvalue weighted by molar-refractivity contribution is 7.89. The van der Waals surface area contributed by atoms with Gasteiger partial charge in [0.2, 0.25) is 10.0 Å². The Bertz CT molecular complexity index is 940. The Kier molecular flexibility index (Phi) is 7.75. The maximum atomic E-state index is 12.5. The fraction of sp³-hybridized carbons (Fsp3) is 0.409. The van der Waals surface area contributed by atoms with Crippen LogP contribution in [0, 0.1) is 0 Å². The second kappa shape index (κ2) is 10.3. The highest BCUT2D eigenvalue weighted by atomic mass is 35.5. The summed E-state index contributed by atoms with van der Waals surface area (Å²) in [4.78, 5) is 12.3. The van der Waals surface area contributed by atoms with E-state index in [9.17, 15) is 13.2 Å². The van der Waals surface area contributed by atoms with E-state index < -0.39 is 10.0 Å². The van der Waals surface area contributed by atoms with Gasteiger partial charge >= 0.3 is 0 Å². The van der Waals surface area contributed by atoms with Gasteiger partial charge in [0.15, 0.2) is 6.61 Å². The summed E-state index contributed by atoms with van der Waals surface area (Å²) in [5, 5.41) is 3.49. The van der Waals surface area contributed by atoms with Gasteiger partial charge in [0.25, 0.3) is 5.91 Å². The number of benzene rings is 2. The number of ether oxygens (including phenoxy) is 1. The standard InChI is InChI=1S/C22H27ClN2O4S/c1-16(17-7-9-18(23)10-8-17)24-22(26)15-29-20-11-13-21(14-12-20)30(27,28)25-19-5-3-2-4-6-19/h7-14,16,19,25H,2-6,15H2,1H3,(H,24,26)/t16-/m1/s1. The Labute approximate surface area is 183 Å². The molecule has 3 rings (SSSR count). The fourth-order valence-electron chi connectivity index (χ4n) is 3.49. The van der Waals surface area contributed by atoms with E-state index in [1.165, 1.54) is 12.1 Å². The summed E-state index contributed by atoms with van der Waals surface area (Å²) in [5.41, 5.74) is 0.938. The maximum absolute atomic E-state index is 12.5. The van der Waals surface area contributed by atoms with Crippen LogP contribution in [0.3, 0.4) is 0 Å². The van der Waals surface area contributed by atoms with Crippen molar-refractivity contribution in [2.75, 3.05) is 6.61 Å². The summed E-state index contributed by atoms with van der Waals surface area (Å²) in [6.45, 7) is 1.71. The van der Waals surface area contributed by atoms with Crippen LogP contribution in [-0.2, 0) is 14.8 Å². The normalized spacial score (nSPS) is 16.1. The first-order chi connectivity index (χ1) is 14.3. The molecule has 0 aromatic heterocycles. The highest BCUT2D eigenvalue weighted by Gasteiger charge is 2.21. The number of hydrogen-bond donors (Lipinski definition) is 2. The van der Waals surface area contributed by atoms with Gasteiger partial charge in [-0.15, -0.1) is 0 Å². The minimum Gasteiger partial charge on any atom is -0.484 e. The SMILES string of the molecule is C[C@@H](NC(=O)COc1ccc(S(=O)(=O)NC2CCCCC2)cc1)c1ccc(Cl)cc1. The second-order valence-corrected chi connectivity index (χ2v) is 9.71. The van der Waals surface area contributed by atoms with Crippen LogP contribution in [0.5, 0.6) is 5.75 Å². The van der Waals surface area contributed by atoms with Crippen molar-refractivity contribution < 1.29 is 17.9 Å². The zero-order valence-electron chi connectivity index (χ0n) is 16.9. The molecule has 8 heteroatoms. The quantitative estimate of drug-likeness (QED) is 0.631. The van der Waals surface area contributed by atoms with E-state index in [0.29, 0.717) is 10.8 Å². The molecule has 1 amide bonds. The molecule has 0 heterocycles. The van der Waals surface area contributed by atoms with Crippen LogP contribution in [0.2, 0.25) is 5.02 Å². The molecule has 1 saturated carbocycles. The first kappa shape index (κ1) is 22.6.